The quantitative estimate of drug-likeness (QED) is 0.666. The SMILES string of the molecule is NCC1CC(=O)N(c2ccc(Cl)cc2[N+](=O)[O-])C1. The number of carbonyl (C=O) groups excluding carboxylic acids is 1. The molecule has 1 aromatic carbocycles. The lowest BCUT2D eigenvalue weighted by atomic mass is 10.1. The van der Waals surface area contributed by atoms with Crippen molar-refractivity contribution >= 4 is 28.9 Å². The lowest BCUT2D eigenvalue weighted by Gasteiger charge is -2.16. The molecule has 96 valence electrons. The fraction of sp³-hybridized carbons (Fsp3) is 0.364. The molecule has 1 aliphatic heterocycles. The number of carbonyl (C=O) groups is 1. The van der Waals surface area contributed by atoms with Crippen molar-refractivity contribution in [3.63, 3.8) is 0 Å². The minimum atomic E-state index is -0.537. The molecule has 0 aromatic heterocycles. The van der Waals surface area contributed by atoms with Crippen molar-refractivity contribution in [1.29, 1.82) is 0 Å². The van der Waals surface area contributed by atoms with Crippen molar-refractivity contribution in [1.82, 2.24) is 0 Å². The first-order valence-corrected chi connectivity index (χ1v) is 5.85. The van der Waals surface area contributed by atoms with Crippen molar-refractivity contribution in [3.05, 3.63) is 33.3 Å². The lowest BCUT2D eigenvalue weighted by molar-refractivity contribution is -0.384. The first kappa shape index (κ1) is 12.8. The number of hydrogen-bond donors (Lipinski definition) is 1. The van der Waals surface area contributed by atoms with E-state index in [9.17, 15) is 14.9 Å². The van der Waals surface area contributed by atoms with E-state index in [1.807, 2.05) is 0 Å². The molecule has 0 aliphatic carbocycles. The molecule has 1 atom stereocenters. The average molecular weight is 270 g/mol. The fourth-order valence-electron chi connectivity index (χ4n) is 2.04. The molecule has 0 spiro atoms. The number of nitro benzene ring substituents is 1. The number of nitro groups is 1. The van der Waals surface area contributed by atoms with Gasteiger partial charge in [-0.15, -0.1) is 0 Å². The van der Waals surface area contributed by atoms with Crippen LogP contribution in [0.3, 0.4) is 0 Å². The molecule has 1 amide bonds. The second-order valence-electron chi connectivity index (χ2n) is 4.20. The van der Waals surface area contributed by atoms with Gasteiger partial charge in [-0.25, -0.2) is 0 Å². The molecule has 1 unspecified atom stereocenters. The van der Waals surface area contributed by atoms with Crippen molar-refractivity contribution in [3.8, 4) is 0 Å². The summed E-state index contributed by atoms with van der Waals surface area (Å²) in [5, 5.41) is 11.2. The van der Waals surface area contributed by atoms with Gasteiger partial charge in [0, 0.05) is 24.1 Å². The maximum Gasteiger partial charge on any atom is 0.294 e. The molecule has 7 heteroatoms. The molecule has 18 heavy (non-hydrogen) atoms. The van der Waals surface area contributed by atoms with Gasteiger partial charge >= 0.3 is 0 Å². The molecule has 2 rings (SSSR count). The van der Waals surface area contributed by atoms with Crippen molar-refractivity contribution in [2.75, 3.05) is 18.0 Å². The van der Waals surface area contributed by atoms with Crippen LogP contribution >= 0.6 is 11.6 Å². The van der Waals surface area contributed by atoms with Gasteiger partial charge in [0.15, 0.2) is 0 Å². The zero-order valence-corrected chi connectivity index (χ0v) is 10.3. The number of hydrogen-bond acceptors (Lipinski definition) is 4. The molecule has 1 saturated heterocycles. The average Bonchev–Trinajstić information content (AvgIpc) is 2.70. The third kappa shape index (κ3) is 2.30. The molecule has 0 radical (unpaired) electrons. The number of nitrogens with two attached hydrogens (primary N) is 1. The van der Waals surface area contributed by atoms with Crippen molar-refractivity contribution in [2.24, 2.45) is 11.7 Å². The van der Waals surface area contributed by atoms with Crippen LogP contribution < -0.4 is 10.6 Å². The van der Waals surface area contributed by atoms with Crippen LogP contribution in [-0.2, 0) is 4.79 Å². The molecule has 1 fully saturated rings. The maximum atomic E-state index is 11.8. The lowest BCUT2D eigenvalue weighted by Crippen LogP contribution is -2.26. The van der Waals surface area contributed by atoms with E-state index in [1.54, 1.807) is 0 Å². The summed E-state index contributed by atoms with van der Waals surface area (Å²) < 4.78 is 0. The molecule has 0 saturated carbocycles. The van der Waals surface area contributed by atoms with Gasteiger partial charge < -0.3 is 10.6 Å². The zero-order chi connectivity index (χ0) is 13.3. The normalized spacial score (nSPS) is 19.3. The van der Waals surface area contributed by atoms with Gasteiger partial charge in [-0.1, -0.05) is 11.6 Å². The molecule has 1 aliphatic rings. The van der Waals surface area contributed by atoms with E-state index in [0.717, 1.165) is 0 Å². The van der Waals surface area contributed by atoms with E-state index < -0.39 is 4.92 Å². The summed E-state index contributed by atoms with van der Waals surface area (Å²) in [7, 11) is 0. The third-order valence-corrected chi connectivity index (χ3v) is 3.20. The third-order valence-electron chi connectivity index (χ3n) is 2.96. The molecule has 0 bridgehead atoms. The number of halogens is 1. The Labute approximate surface area is 108 Å². The summed E-state index contributed by atoms with van der Waals surface area (Å²) >= 11 is 5.73. The summed E-state index contributed by atoms with van der Waals surface area (Å²) in [5.41, 5.74) is 5.65. The number of rotatable bonds is 3. The molecule has 1 heterocycles. The van der Waals surface area contributed by atoms with Crippen LogP contribution in [0, 0.1) is 16.0 Å². The number of amides is 1. The van der Waals surface area contributed by atoms with E-state index in [0.29, 0.717) is 19.5 Å². The predicted octanol–water partition coefficient (Wildman–Crippen LogP) is 1.56. The second-order valence-corrected chi connectivity index (χ2v) is 4.64. The van der Waals surface area contributed by atoms with E-state index in [2.05, 4.69) is 0 Å². The first-order valence-electron chi connectivity index (χ1n) is 5.47. The summed E-state index contributed by atoms with van der Waals surface area (Å²) in [6, 6.07) is 4.28. The highest BCUT2D eigenvalue weighted by molar-refractivity contribution is 6.31. The predicted molar refractivity (Wildman–Crippen MR) is 67.6 cm³/mol. The Morgan fingerprint density at radius 3 is 2.83 bits per heavy atom. The van der Waals surface area contributed by atoms with E-state index in [-0.39, 0.29) is 28.2 Å². The Bertz CT molecular complexity index is 506. The molecule has 6 nitrogen and oxygen atoms in total. The van der Waals surface area contributed by atoms with Gasteiger partial charge in [0.05, 0.1) is 4.92 Å². The highest BCUT2D eigenvalue weighted by atomic mass is 35.5. The van der Waals surface area contributed by atoms with E-state index in [1.165, 1.54) is 23.1 Å². The highest BCUT2D eigenvalue weighted by Gasteiger charge is 2.33. The van der Waals surface area contributed by atoms with Gasteiger partial charge in [0.2, 0.25) is 5.91 Å². The molecular weight excluding hydrogens is 258 g/mol. The van der Waals surface area contributed by atoms with Crippen molar-refractivity contribution < 1.29 is 9.72 Å². The monoisotopic (exact) mass is 269 g/mol. The minimum absolute atomic E-state index is 0.0489. The van der Waals surface area contributed by atoms with Gasteiger partial charge in [0.1, 0.15) is 5.69 Å². The number of anilines is 1. The summed E-state index contributed by atoms with van der Waals surface area (Å²) in [4.78, 5) is 23.7. The molecule has 2 N–H and O–H groups in total. The van der Waals surface area contributed by atoms with Crippen LogP contribution in [0.15, 0.2) is 18.2 Å². The first-order chi connectivity index (χ1) is 8.52. The van der Waals surface area contributed by atoms with E-state index >= 15 is 0 Å². The van der Waals surface area contributed by atoms with Gasteiger partial charge in [-0.05, 0) is 24.6 Å². The smallest absolute Gasteiger partial charge is 0.294 e. The van der Waals surface area contributed by atoms with E-state index in [4.69, 9.17) is 17.3 Å². The Morgan fingerprint density at radius 1 is 1.56 bits per heavy atom. The van der Waals surface area contributed by atoms with Crippen LogP contribution in [0.4, 0.5) is 11.4 Å². The Morgan fingerprint density at radius 2 is 2.28 bits per heavy atom. The van der Waals surface area contributed by atoms with Crippen LogP contribution in [0.5, 0.6) is 0 Å². The maximum absolute atomic E-state index is 11.8. The van der Waals surface area contributed by atoms with Gasteiger partial charge in [-0.3, -0.25) is 14.9 Å². The standard InChI is InChI=1S/C11H12ClN3O3/c12-8-1-2-9(10(4-8)15(17)18)14-6-7(5-13)3-11(14)16/h1-2,4,7H,3,5-6,13H2. The Kier molecular flexibility index (Phi) is 3.49. The second kappa shape index (κ2) is 4.91. The summed E-state index contributed by atoms with van der Waals surface area (Å²) in [5.74, 6) is -0.0938. The van der Waals surface area contributed by atoms with Crippen LogP contribution in [-0.4, -0.2) is 23.9 Å². The Balaban J connectivity index is 2.39. The Hall–Kier alpha value is -1.66. The minimum Gasteiger partial charge on any atom is -0.330 e. The van der Waals surface area contributed by atoms with Gasteiger partial charge in [-0.2, -0.15) is 0 Å². The largest absolute Gasteiger partial charge is 0.330 e. The number of benzene rings is 1. The molecular formula is C11H12ClN3O3. The van der Waals surface area contributed by atoms with Crippen LogP contribution in [0.1, 0.15) is 6.42 Å². The topological polar surface area (TPSA) is 89.5 Å². The summed E-state index contributed by atoms with van der Waals surface area (Å²) in [6.45, 7) is 0.807. The van der Waals surface area contributed by atoms with Crippen molar-refractivity contribution in [2.45, 2.75) is 6.42 Å². The van der Waals surface area contributed by atoms with Crippen LogP contribution in [0.25, 0.3) is 0 Å². The van der Waals surface area contributed by atoms with Crippen LogP contribution in [0.2, 0.25) is 5.02 Å². The van der Waals surface area contributed by atoms with Gasteiger partial charge in [0.25, 0.3) is 5.69 Å². The highest BCUT2D eigenvalue weighted by Crippen LogP contribution is 2.34. The number of nitrogens with zero attached hydrogens (tertiary/aromatic N) is 2. The zero-order valence-electron chi connectivity index (χ0n) is 9.51. The summed E-state index contributed by atoms with van der Waals surface area (Å²) in [6.07, 6.45) is 0.330. The fourth-order valence-corrected chi connectivity index (χ4v) is 2.21. The molecule has 1 aromatic rings.